The molecule has 3 atom stereocenters. The Morgan fingerprint density at radius 1 is 1.09 bits per heavy atom. The van der Waals surface area contributed by atoms with Gasteiger partial charge in [0, 0.05) is 24.2 Å². The highest BCUT2D eigenvalue weighted by molar-refractivity contribution is 7.91. The first-order valence-corrected chi connectivity index (χ1v) is 13.0. The number of morpholine rings is 1. The second-order valence-corrected chi connectivity index (χ2v) is 11.9. The van der Waals surface area contributed by atoms with Gasteiger partial charge in [-0.05, 0) is 70.4 Å². The Balaban J connectivity index is 1.70. The summed E-state index contributed by atoms with van der Waals surface area (Å²) in [5.74, 6) is 0.0257. The molecule has 174 valence electrons. The van der Waals surface area contributed by atoms with E-state index < -0.39 is 15.1 Å². The van der Waals surface area contributed by atoms with Crippen molar-refractivity contribution in [1.82, 2.24) is 0 Å². The number of sulfone groups is 1. The monoisotopic (exact) mass is 457 g/mol. The molecule has 1 aliphatic heterocycles. The quantitative estimate of drug-likeness (QED) is 0.562. The van der Waals surface area contributed by atoms with Crippen molar-refractivity contribution in [3.05, 3.63) is 64.7 Å². The standard InChI is InChI=1S/C26H35NO4S/c1-17(2)32(29,30)16-22-7-9-23(10-8-22)26(28)14-24-11-12-25(13-18(24)3)27-15-19(4)31-21(6)20(27)5/h7-13,17,19-21H,14-16H2,1-6H3/t19-,20?,21+/m0/s1. The van der Waals surface area contributed by atoms with Crippen LogP contribution in [0, 0.1) is 6.92 Å². The lowest BCUT2D eigenvalue weighted by atomic mass is 9.97. The molecule has 3 rings (SSSR count). The number of Topliss-reactive ketones (excluding diaryl/α,β-unsaturated/α-hetero) is 1. The maximum absolute atomic E-state index is 12.9. The van der Waals surface area contributed by atoms with E-state index in [0.717, 1.165) is 23.4 Å². The van der Waals surface area contributed by atoms with Crippen LogP contribution in [0.1, 0.15) is 61.7 Å². The van der Waals surface area contributed by atoms with Crippen molar-refractivity contribution in [3.63, 3.8) is 0 Å². The fraction of sp³-hybridized carbons (Fsp3) is 0.500. The van der Waals surface area contributed by atoms with Crippen molar-refractivity contribution in [2.24, 2.45) is 0 Å². The van der Waals surface area contributed by atoms with Gasteiger partial charge in [0.1, 0.15) is 0 Å². The lowest BCUT2D eigenvalue weighted by Crippen LogP contribution is -2.52. The summed E-state index contributed by atoms with van der Waals surface area (Å²) >= 11 is 0. The van der Waals surface area contributed by atoms with Crippen LogP contribution in [-0.2, 0) is 26.7 Å². The molecular formula is C26H35NO4S. The Morgan fingerprint density at radius 2 is 1.75 bits per heavy atom. The Kier molecular flexibility index (Phi) is 7.46. The van der Waals surface area contributed by atoms with Gasteiger partial charge in [-0.3, -0.25) is 4.79 Å². The molecule has 1 aliphatic rings. The summed E-state index contributed by atoms with van der Waals surface area (Å²) in [6, 6.07) is 13.5. The second kappa shape index (κ2) is 9.75. The summed E-state index contributed by atoms with van der Waals surface area (Å²) in [6.07, 6.45) is 0.668. The normalized spacial score (nSPS) is 21.7. The van der Waals surface area contributed by atoms with E-state index in [9.17, 15) is 13.2 Å². The highest BCUT2D eigenvalue weighted by Crippen LogP contribution is 2.27. The number of hydrogen-bond acceptors (Lipinski definition) is 5. The third-order valence-corrected chi connectivity index (χ3v) is 8.61. The molecule has 6 heteroatoms. The van der Waals surface area contributed by atoms with Gasteiger partial charge in [-0.15, -0.1) is 0 Å². The number of aryl methyl sites for hydroxylation is 1. The number of nitrogens with zero attached hydrogens (tertiary/aromatic N) is 1. The van der Waals surface area contributed by atoms with E-state index in [1.54, 1.807) is 38.1 Å². The Hall–Kier alpha value is -2.18. The van der Waals surface area contributed by atoms with E-state index in [1.807, 2.05) is 13.0 Å². The van der Waals surface area contributed by atoms with E-state index in [4.69, 9.17) is 4.74 Å². The molecule has 0 radical (unpaired) electrons. The average Bonchev–Trinajstić information content (AvgIpc) is 2.72. The zero-order valence-corrected chi connectivity index (χ0v) is 20.8. The van der Waals surface area contributed by atoms with E-state index in [0.29, 0.717) is 17.5 Å². The van der Waals surface area contributed by atoms with Crippen LogP contribution in [0.4, 0.5) is 5.69 Å². The lowest BCUT2D eigenvalue weighted by Gasteiger charge is -2.42. The minimum Gasteiger partial charge on any atom is -0.372 e. The van der Waals surface area contributed by atoms with Gasteiger partial charge < -0.3 is 9.64 Å². The summed E-state index contributed by atoms with van der Waals surface area (Å²) in [7, 11) is -3.16. The summed E-state index contributed by atoms with van der Waals surface area (Å²) in [5.41, 5.74) is 4.56. The van der Waals surface area contributed by atoms with E-state index in [2.05, 4.69) is 37.8 Å². The number of anilines is 1. The van der Waals surface area contributed by atoms with Crippen molar-refractivity contribution in [2.75, 3.05) is 11.4 Å². The fourth-order valence-corrected chi connectivity index (χ4v) is 5.07. The third-order valence-electron chi connectivity index (χ3n) is 6.44. The number of benzene rings is 2. The summed E-state index contributed by atoms with van der Waals surface area (Å²) in [4.78, 5) is 15.2. The third kappa shape index (κ3) is 5.59. The predicted molar refractivity (Wildman–Crippen MR) is 130 cm³/mol. The highest BCUT2D eigenvalue weighted by Gasteiger charge is 2.29. The molecule has 0 aliphatic carbocycles. The number of ether oxygens (including phenoxy) is 1. The molecule has 1 unspecified atom stereocenters. The number of ketones is 1. The predicted octanol–water partition coefficient (Wildman–Crippen LogP) is 4.75. The molecule has 0 bridgehead atoms. The van der Waals surface area contributed by atoms with Crippen LogP contribution in [0.2, 0.25) is 0 Å². The topological polar surface area (TPSA) is 63.7 Å². The molecular weight excluding hydrogens is 422 g/mol. The van der Waals surface area contributed by atoms with Crippen LogP contribution < -0.4 is 4.90 Å². The summed E-state index contributed by atoms with van der Waals surface area (Å²) in [5, 5.41) is -0.415. The first-order chi connectivity index (χ1) is 15.0. The molecule has 0 amide bonds. The van der Waals surface area contributed by atoms with Gasteiger partial charge >= 0.3 is 0 Å². The zero-order chi connectivity index (χ0) is 23.6. The lowest BCUT2D eigenvalue weighted by molar-refractivity contribution is -0.0257. The van der Waals surface area contributed by atoms with Crippen LogP contribution in [-0.4, -0.2) is 44.2 Å². The van der Waals surface area contributed by atoms with Gasteiger partial charge in [-0.1, -0.05) is 30.3 Å². The number of carbonyl (C=O) groups is 1. The molecule has 0 aromatic heterocycles. The number of rotatable bonds is 7. The van der Waals surface area contributed by atoms with E-state index in [-0.39, 0.29) is 29.8 Å². The maximum atomic E-state index is 12.9. The Labute approximate surface area is 192 Å². The molecule has 1 saturated heterocycles. The molecule has 0 saturated carbocycles. The van der Waals surface area contributed by atoms with Gasteiger partial charge in [0.05, 0.1) is 29.3 Å². The van der Waals surface area contributed by atoms with Crippen molar-refractivity contribution in [2.45, 2.75) is 77.2 Å². The minimum absolute atomic E-state index is 0.00307. The van der Waals surface area contributed by atoms with E-state index >= 15 is 0 Å². The molecule has 2 aromatic rings. The number of hydrogen-bond donors (Lipinski definition) is 0. The highest BCUT2D eigenvalue weighted by atomic mass is 32.2. The van der Waals surface area contributed by atoms with Crippen LogP contribution in [0.3, 0.4) is 0 Å². The summed E-state index contributed by atoms with van der Waals surface area (Å²) < 4.78 is 30.2. The first-order valence-electron chi connectivity index (χ1n) is 11.3. The van der Waals surface area contributed by atoms with Gasteiger partial charge in [-0.25, -0.2) is 8.42 Å². The fourth-order valence-electron chi connectivity index (χ4n) is 4.08. The number of carbonyl (C=O) groups excluding carboxylic acids is 1. The minimum atomic E-state index is -3.16. The maximum Gasteiger partial charge on any atom is 0.167 e. The Bertz CT molecular complexity index is 1060. The average molecular weight is 458 g/mol. The Morgan fingerprint density at radius 3 is 2.34 bits per heavy atom. The first kappa shape index (κ1) is 24.5. The van der Waals surface area contributed by atoms with Crippen LogP contribution in [0.5, 0.6) is 0 Å². The summed E-state index contributed by atoms with van der Waals surface area (Å²) in [6.45, 7) is 12.6. The van der Waals surface area contributed by atoms with Crippen LogP contribution in [0.15, 0.2) is 42.5 Å². The van der Waals surface area contributed by atoms with Gasteiger partial charge in [0.25, 0.3) is 0 Å². The molecule has 5 nitrogen and oxygen atoms in total. The molecule has 2 aromatic carbocycles. The molecule has 0 N–H and O–H groups in total. The van der Waals surface area contributed by atoms with Crippen LogP contribution in [0.25, 0.3) is 0 Å². The molecule has 0 spiro atoms. The molecule has 1 fully saturated rings. The SMILES string of the molecule is Cc1cc(N2C[C@H](C)O[C@H](C)C2C)ccc1CC(=O)c1ccc(CS(=O)(=O)C(C)C)cc1. The van der Waals surface area contributed by atoms with E-state index in [1.165, 1.54) is 0 Å². The van der Waals surface area contributed by atoms with Crippen molar-refractivity contribution in [1.29, 1.82) is 0 Å². The molecule has 1 heterocycles. The van der Waals surface area contributed by atoms with Crippen LogP contribution >= 0.6 is 0 Å². The van der Waals surface area contributed by atoms with Gasteiger partial charge in [0.15, 0.2) is 15.6 Å². The van der Waals surface area contributed by atoms with Crippen molar-refractivity contribution in [3.8, 4) is 0 Å². The zero-order valence-electron chi connectivity index (χ0n) is 20.0. The second-order valence-electron chi connectivity index (χ2n) is 9.31. The van der Waals surface area contributed by atoms with Crippen molar-refractivity contribution >= 4 is 21.3 Å². The van der Waals surface area contributed by atoms with Crippen molar-refractivity contribution < 1.29 is 17.9 Å². The largest absolute Gasteiger partial charge is 0.372 e. The smallest absolute Gasteiger partial charge is 0.167 e. The molecule has 32 heavy (non-hydrogen) atoms. The van der Waals surface area contributed by atoms with Gasteiger partial charge in [-0.2, -0.15) is 0 Å². The van der Waals surface area contributed by atoms with Gasteiger partial charge in [0.2, 0.25) is 0 Å².